The van der Waals surface area contributed by atoms with Crippen LogP contribution in [0, 0.1) is 0 Å². The zero-order valence-electron chi connectivity index (χ0n) is 11.3. The third kappa shape index (κ3) is 20.5. The lowest BCUT2D eigenvalue weighted by Gasteiger charge is -2.16. The zero-order chi connectivity index (χ0) is 14.6. The second-order valence-corrected chi connectivity index (χ2v) is 4.29. The second-order valence-electron chi connectivity index (χ2n) is 4.29. The Hall–Kier alpha value is -0.950. The lowest BCUT2D eigenvalue weighted by Crippen LogP contribution is -2.27. The van der Waals surface area contributed by atoms with Gasteiger partial charge in [0.1, 0.15) is 0 Å². The highest BCUT2D eigenvalue weighted by atomic mass is 16.5. The van der Waals surface area contributed by atoms with Crippen LogP contribution in [0.15, 0.2) is 12.2 Å². The normalized spacial score (nSPS) is 10.5. The van der Waals surface area contributed by atoms with Gasteiger partial charge in [0, 0.05) is 5.57 Å². The highest BCUT2D eigenvalue weighted by Crippen LogP contribution is 2.00. The molecule has 0 saturated carbocycles. The van der Waals surface area contributed by atoms with E-state index in [1.54, 1.807) is 13.8 Å². The van der Waals surface area contributed by atoms with Crippen LogP contribution in [-0.2, 0) is 14.3 Å². The van der Waals surface area contributed by atoms with Crippen LogP contribution in [0.1, 0.15) is 20.8 Å². The molecule has 0 aliphatic heterocycles. The Morgan fingerprint density at radius 2 is 1.67 bits per heavy atom. The fourth-order valence-corrected chi connectivity index (χ4v) is 0.606. The highest BCUT2D eigenvalue weighted by Gasteiger charge is 2.11. The minimum Gasteiger partial charge on any atom is -0.478 e. The van der Waals surface area contributed by atoms with Crippen molar-refractivity contribution in [1.29, 1.82) is 0 Å². The molecule has 0 aromatic heterocycles. The summed E-state index contributed by atoms with van der Waals surface area (Å²) in [6.07, 6.45) is 0. The molecule has 0 atom stereocenters. The van der Waals surface area contributed by atoms with Crippen molar-refractivity contribution in [2.75, 3.05) is 33.0 Å². The fourth-order valence-electron chi connectivity index (χ4n) is 0.606. The molecular formula is C12H24O6. The van der Waals surface area contributed by atoms with Crippen molar-refractivity contribution < 1.29 is 29.6 Å². The van der Waals surface area contributed by atoms with Crippen molar-refractivity contribution in [2.45, 2.75) is 26.4 Å². The van der Waals surface area contributed by atoms with E-state index in [0.717, 1.165) is 0 Å². The molecule has 0 unspecified atom stereocenters. The number of carboxylic acids is 1. The molecule has 6 nitrogen and oxygen atoms in total. The van der Waals surface area contributed by atoms with Crippen molar-refractivity contribution in [2.24, 2.45) is 0 Å². The molecule has 0 heterocycles. The third-order valence-corrected chi connectivity index (χ3v) is 1.43. The van der Waals surface area contributed by atoms with E-state index in [2.05, 4.69) is 6.58 Å². The summed E-state index contributed by atoms with van der Waals surface area (Å²) in [6.45, 7) is 9.54. The first kappa shape index (κ1) is 19.4. The highest BCUT2D eigenvalue weighted by molar-refractivity contribution is 5.84. The van der Waals surface area contributed by atoms with Crippen molar-refractivity contribution in [3.63, 3.8) is 0 Å². The lowest BCUT2D eigenvalue weighted by molar-refractivity contribution is -0.132. The number of hydrogen-bond acceptors (Lipinski definition) is 5. The maximum Gasteiger partial charge on any atom is 0.330 e. The van der Waals surface area contributed by atoms with Crippen LogP contribution < -0.4 is 0 Å². The Balaban J connectivity index is 0. The van der Waals surface area contributed by atoms with Crippen LogP contribution in [0.4, 0.5) is 0 Å². The lowest BCUT2D eigenvalue weighted by atomic mass is 10.2. The maximum absolute atomic E-state index is 9.60. The Morgan fingerprint density at radius 1 is 1.22 bits per heavy atom. The van der Waals surface area contributed by atoms with Crippen LogP contribution in [0.3, 0.4) is 0 Å². The first-order chi connectivity index (χ1) is 8.20. The van der Waals surface area contributed by atoms with Gasteiger partial charge in [-0.2, -0.15) is 0 Å². The number of ether oxygens (including phenoxy) is 2. The van der Waals surface area contributed by atoms with Crippen molar-refractivity contribution in [3.8, 4) is 0 Å². The molecule has 0 rings (SSSR count). The predicted molar refractivity (Wildman–Crippen MR) is 67.5 cm³/mol. The van der Waals surface area contributed by atoms with E-state index >= 15 is 0 Å². The smallest absolute Gasteiger partial charge is 0.330 e. The van der Waals surface area contributed by atoms with E-state index in [4.69, 9.17) is 19.7 Å². The molecular weight excluding hydrogens is 240 g/mol. The van der Waals surface area contributed by atoms with E-state index in [1.165, 1.54) is 6.92 Å². The van der Waals surface area contributed by atoms with Crippen LogP contribution in [0.5, 0.6) is 0 Å². The number of hydrogen-bond donors (Lipinski definition) is 3. The molecule has 108 valence electrons. The van der Waals surface area contributed by atoms with Gasteiger partial charge >= 0.3 is 5.97 Å². The molecule has 0 saturated heterocycles. The first-order valence-corrected chi connectivity index (χ1v) is 5.58. The fraction of sp³-hybridized carbons (Fsp3) is 0.750. The second kappa shape index (κ2) is 11.2. The van der Waals surface area contributed by atoms with E-state index in [1.807, 2.05) is 0 Å². The average molecular weight is 264 g/mol. The van der Waals surface area contributed by atoms with Gasteiger partial charge in [-0.25, -0.2) is 4.79 Å². The topological polar surface area (TPSA) is 96.2 Å². The quantitative estimate of drug-likeness (QED) is 0.434. The first-order valence-electron chi connectivity index (χ1n) is 5.58. The van der Waals surface area contributed by atoms with Crippen molar-refractivity contribution >= 4 is 5.97 Å². The van der Waals surface area contributed by atoms with Crippen molar-refractivity contribution in [3.05, 3.63) is 12.2 Å². The summed E-state index contributed by atoms with van der Waals surface area (Å²) in [4.78, 5) is 9.60. The molecule has 0 radical (unpaired) electrons. The third-order valence-electron chi connectivity index (χ3n) is 1.43. The molecule has 0 aromatic carbocycles. The summed E-state index contributed by atoms with van der Waals surface area (Å²) in [5, 5.41) is 25.5. The van der Waals surface area contributed by atoms with Gasteiger partial charge in [-0.3, -0.25) is 0 Å². The molecule has 0 bridgehead atoms. The van der Waals surface area contributed by atoms with Gasteiger partial charge in [0.25, 0.3) is 0 Å². The molecule has 0 fully saturated rings. The van der Waals surface area contributed by atoms with Gasteiger partial charge in [0.05, 0.1) is 38.6 Å². The van der Waals surface area contributed by atoms with Crippen molar-refractivity contribution in [1.82, 2.24) is 0 Å². The van der Waals surface area contributed by atoms with Crippen LogP contribution in [-0.4, -0.2) is 59.9 Å². The molecule has 0 aliphatic carbocycles. The van der Waals surface area contributed by atoms with E-state index < -0.39 is 11.6 Å². The molecule has 3 N–H and O–H groups in total. The SMILES string of the molecule is C=C(C)C(=O)O.CC(C)(O)COCCOCCO. The summed E-state index contributed by atoms with van der Waals surface area (Å²) in [7, 11) is 0. The van der Waals surface area contributed by atoms with E-state index in [-0.39, 0.29) is 12.2 Å². The summed E-state index contributed by atoms with van der Waals surface area (Å²) in [6, 6.07) is 0. The maximum atomic E-state index is 9.60. The summed E-state index contributed by atoms with van der Waals surface area (Å²) in [5.74, 6) is -0.935. The average Bonchev–Trinajstić information content (AvgIpc) is 2.22. The van der Waals surface area contributed by atoms with Crippen LogP contribution in [0.25, 0.3) is 0 Å². The molecule has 0 spiro atoms. The van der Waals surface area contributed by atoms with Gasteiger partial charge in [-0.1, -0.05) is 6.58 Å². The standard InChI is InChI=1S/C8H18O4.C4H6O2/c1-8(2,10)7-12-6-5-11-4-3-9;1-3(2)4(5)6/h9-10H,3-7H2,1-2H3;1H2,2H3,(H,5,6). The molecule has 6 heteroatoms. The monoisotopic (exact) mass is 264 g/mol. The Bertz CT molecular complexity index is 219. The Labute approximate surface area is 108 Å². The zero-order valence-corrected chi connectivity index (χ0v) is 11.3. The summed E-state index contributed by atoms with van der Waals surface area (Å²) < 4.78 is 10.0. The number of carbonyl (C=O) groups is 1. The number of aliphatic hydroxyl groups is 2. The molecule has 0 aliphatic rings. The number of carboxylic acid groups (broad SMARTS) is 1. The molecule has 0 aromatic rings. The Morgan fingerprint density at radius 3 is 2.00 bits per heavy atom. The predicted octanol–water partition coefficient (Wildman–Crippen LogP) is 0.430. The summed E-state index contributed by atoms with van der Waals surface area (Å²) in [5.41, 5.74) is -0.605. The van der Waals surface area contributed by atoms with E-state index in [0.29, 0.717) is 26.4 Å². The minimum absolute atomic E-state index is 0.0332. The Kier molecular flexibility index (Phi) is 12.0. The van der Waals surface area contributed by atoms with Gasteiger partial charge in [0.15, 0.2) is 0 Å². The van der Waals surface area contributed by atoms with Crippen LogP contribution >= 0.6 is 0 Å². The van der Waals surface area contributed by atoms with Gasteiger partial charge in [-0.15, -0.1) is 0 Å². The van der Waals surface area contributed by atoms with E-state index in [9.17, 15) is 9.90 Å². The minimum atomic E-state index is -0.935. The van der Waals surface area contributed by atoms with Gasteiger partial charge in [0.2, 0.25) is 0 Å². The van der Waals surface area contributed by atoms with Crippen LogP contribution in [0.2, 0.25) is 0 Å². The molecule has 18 heavy (non-hydrogen) atoms. The number of aliphatic carboxylic acids is 1. The molecule has 0 amide bonds. The number of aliphatic hydroxyl groups excluding tert-OH is 1. The largest absolute Gasteiger partial charge is 0.478 e. The van der Waals surface area contributed by atoms with Gasteiger partial charge in [-0.05, 0) is 20.8 Å². The van der Waals surface area contributed by atoms with Gasteiger partial charge < -0.3 is 24.8 Å². The summed E-state index contributed by atoms with van der Waals surface area (Å²) >= 11 is 0. The number of rotatable bonds is 8.